The fraction of sp³-hybridized carbons (Fsp3) is 0.125. The minimum atomic E-state index is 1.02. The minimum absolute atomic E-state index is 1.02. The van der Waals surface area contributed by atoms with Crippen molar-refractivity contribution in [2.75, 3.05) is 0 Å². The zero-order valence-electron chi connectivity index (χ0n) is 9.81. The Morgan fingerprint density at radius 2 is 1.71 bits per heavy atom. The molecule has 1 aromatic heterocycles. The van der Waals surface area contributed by atoms with Gasteiger partial charge < -0.3 is 0 Å². The summed E-state index contributed by atoms with van der Waals surface area (Å²) in [4.78, 5) is 1.39. The number of thiophene rings is 1. The first-order valence-electron chi connectivity index (χ1n) is 5.84. The lowest BCUT2D eigenvalue weighted by atomic mass is 10.0. The lowest BCUT2D eigenvalue weighted by molar-refractivity contribution is 1.20. The predicted octanol–water partition coefficient (Wildman–Crippen LogP) is 4.80. The SMILES string of the molecule is Cc1cc2cc(Cc3ccccc3)ccc2s1. The molecule has 0 saturated carbocycles. The maximum atomic E-state index is 2.31. The number of rotatable bonds is 2. The van der Waals surface area contributed by atoms with E-state index in [-0.39, 0.29) is 0 Å². The second kappa shape index (κ2) is 4.34. The number of fused-ring (bicyclic) bond motifs is 1. The van der Waals surface area contributed by atoms with Crippen LogP contribution in [0.5, 0.6) is 0 Å². The van der Waals surface area contributed by atoms with Crippen molar-refractivity contribution >= 4 is 21.4 Å². The Morgan fingerprint density at radius 1 is 0.882 bits per heavy atom. The largest absolute Gasteiger partial charge is 0.141 e. The highest BCUT2D eigenvalue weighted by Crippen LogP contribution is 2.26. The molecule has 0 unspecified atom stereocenters. The summed E-state index contributed by atoms with van der Waals surface area (Å²) in [5.74, 6) is 0. The molecule has 0 amide bonds. The van der Waals surface area contributed by atoms with Crippen LogP contribution in [0.1, 0.15) is 16.0 Å². The first-order chi connectivity index (χ1) is 8.31. The van der Waals surface area contributed by atoms with Gasteiger partial charge in [-0.05, 0) is 48.1 Å². The van der Waals surface area contributed by atoms with E-state index in [2.05, 4.69) is 61.5 Å². The Bertz CT molecular complexity index is 635. The van der Waals surface area contributed by atoms with Gasteiger partial charge in [-0.1, -0.05) is 36.4 Å². The summed E-state index contributed by atoms with van der Waals surface area (Å²) in [7, 11) is 0. The van der Waals surface area contributed by atoms with E-state index in [0.29, 0.717) is 0 Å². The Hall–Kier alpha value is -1.60. The smallest absolute Gasteiger partial charge is 0.0345 e. The van der Waals surface area contributed by atoms with Gasteiger partial charge in [-0.15, -0.1) is 11.3 Å². The molecule has 0 aliphatic rings. The maximum absolute atomic E-state index is 2.31. The van der Waals surface area contributed by atoms with Crippen molar-refractivity contribution in [2.45, 2.75) is 13.3 Å². The first kappa shape index (κ1) is 10.5. The van der Waals surface area contributed by atoms with Crippen LogP contribution in [0.2, 0.25) is 0 Å². The molecule has 1 heteroatoms. The summed E-state index contributed by atoms with van der Waals surface area (Å²) in [6.07, 6.45) is 1.02. The van der Waals surface area contributed by atoms with Crippen molar-refractivity contribution in [1.82, 2.24) is 0 Å². The van der Waals surface area contributed by atoms with Crippen molar-refractivity contribution in [3.8, 4) is 0 Å². The lowest BCUT2D eigenvalue weighted by Gasteiger charge is -2.01. The Balaban J connectivity index is 1.95. The summed E-state index contributed by atoms with van der Waals surface area (Å²) in [6.45, 7) is 2.17. The molecule has 3 aromatic rings. The average Bonchev–Trinajstić information content (AvgIpc) is 2.70. The van der Waals surface area contributed by atoms with E-state index in [1.165, 1.54) is 26.1 Å². The van der Waals surface area contributed by atoms with Crippen LogP contribution in [0.25, 0.3) is 10.1 Å². The van der Waals surface area contributed by atoms with E-state index in [1.807, 2.05) is 11.3 Å². The molecule has 0 aliphatic carbocycles. The van der Waals surface area contributed by atoms with E-state index in [1.54, 1.807) is 0 Å². The number of benzene rings is 2. The minimum Gasteiger partial charge on any atom is -0.141 e. The molecular weight excluding hydrogens is 224 g/mol. The van der Waals surface area contributed by atoms with Crippen molar-refractivity contribution in [3.63, 3.8) is 0 Å². The molecule has 1 heterocycles. The van der Waals surface area contributed by atoms with E-state index in [0.717, 1.165) is 6.42 Å². The van der Waals surface area contributed by atoms with Gasteiger partial charge >= 0.3 is 0 Å². The molecule has 3 rings (SSSR count). The van der Waals surface area contributed by atoms with Gasteiger partial charge in [0.25, 0.3) is 0 Å². The Labute approximate surface area is 106 Å². The second-order valence-electron chi connectivity index (χ2n) is 4.39. The van der Waals surface area contributed by atoms with Gasteiger partial charge in [0, 0.05) is 9.58 Å². The number of hydrogen-bond acceptors (Lipinski definition) is 1. The number of aryl methyl sites for hydroxylation is 1. The van der Waals surface area contributed by atoms with Gasteiger partial charge in [0.15, 0.2) is 0 Å². The van der Waals surface area contributed by atoms with Gasteiger partial charge in [-0.25, -0.2) is 0 Å². The molecule has 0 nitrogen and oxygen atoms in total. The molecule has 0 spiro atoms. The van der Waals surface area contributed by atoms with E-state index < -0.39 is 0 Å². The quantitative estimate of drug-likeness (QED) is 0.601. The van der Waals surface area contributed by atoms with Gasteiger partial charge in [0.05, 0.1) is 0 Å². The van der Waals surface area contributed by atoms with Crippen LogP contribution in [-0.2, 0) is 6.42 Å². The van der Waals surface area contributed by atoms with Gasteiger partial charge in [0.2, 0.25) is 0 Å². The summed E-state index contributed by atoms with van der Waals surface area (Å²) < 4.78 is 1.39. The van der Waals surface area contributed by atoms with E-state index in [4.69, 9.17) is 0 Å². The highest BCUT2D eigenvalue weighted by Gasteiger charge is 2.01. The van der Waals surface area contributed by atoms with Crippen molar-refractivity contribution in [3.05, 3.63) is 70.6 Å². The third-order valence-corrected chi connectivity index (χ3v) is 3.99. The molecule has 0 atom stereocenters. The normalized spacial score (nSPS) is 10.9. The van der Waals surface area contributed by atoms with Crippen LogP contribution >= 0.6 is 11.3 Å². The van der Waals surface area contributed by atoms with Crippen LogP contribution in [-0.4, -0.2) is 0 Å². The zero-order valence-corrected chi connectivity index (χ0v) is 10.6. The number of hydrogen-bond donors (Lipinski definition) is 0. The highest BCUT2D eigenvalue weighted by molar-refractivity contribution is 7.19. The van der Waals surface area contributed by atoms with Crippen molar-refractivity contribution < 1.29 is 0 Å². The van der Waals surface area contributed by atoms with Gasteiger partial charge in [-0.2, -0.15) is 0 Å². The van der Waals surface area contributed by atoms with Gasteiger partial charge in [0.1, 0.15) is 0 Å². The monoisotopic (exact) mass is 238 g/mol. The molecule has 17 heavy (non-hydrogen) atoms. The van der Waals surface area contributed by atoms with Crippen LogP contribution in [0.15, 0.2) is 54.6 Å². The fourth-order valence-corrected chi connectivity index (χ4v) is 3.07. The van der Waals surface area contributed by atoms with Gasteiger partial charge in [-0.3, -0.25) is 0 Å². The third kappa shape index (κ3) is 2.25. The fourth-order valence-electron chi connectivity index (χ4n) is 2.17. The molecule has 0 N–H and O–H groups in total. The maximum Gasteiger partial charge on any atom is 0.0345 e. The molecule has 0 aliphatic heterocycles. The summed E-state index contributed by atoms with van der Waals surface area (Å²) >= 11 is 1.87. The molecule has 84 valence electrons. The van der Waals surface area contributed by atoms with E-state index in [9.17, 15) is 0 Å². The van der Waals surface area contributed by atoms with Crippen LogP contribution in [0, 0.1) is 6.92 Å². The molecule has 0 radical (unpaired) electrons. The van der Waals surface area contributed by atoms with E-state index >= 15 is 0 Å². The summed E-state index contributed by atoms with van der Waals surface area (Å²) in [5, 5.41) is 1.38. The predicted molar refractivity (Wildman–Crippen MR) is 75.8 cm³/mol. The molecule has 0 fully saturated rings. The summed E-state index contributed by atoms with van der Waals surface area (Å²) in [6, 6.07) is 19.7. The molecule has 2 aromatic carbocycles. The molecular formula is C16H14S. The molecule has 0 saturated heterocycles. The average molecular weight is 238 g/mol. The topological polar surface area (TPSA) is 0 Å². The first-order valence-corrected chi connectivity index (χ1v) is 6.66. The zero-order chi connectivity index (χ0) is 11.7. The highest BCUT2D eigenvalue weighted by atomic mass is 32.1. The Kier molecular flexibility index (Phi) is 2.69. The Morgan fingerprint density at radius 3 is 2.53 bits per heavy atom. The van der Waals surface area contributed by atoms with Crippen LogP contribution in [0.4, 0.5) is 0 Å². The van der Waals surface area contributed by atoms with Crippen LogP contribution in [0.3, 0.4) is 0 Å². The van der Waals surface area contributed by atoms with Crippen molar-refractivity contribution in [1.29, 1.82) is 0 Å². The third-order valence-electron chi connectivity index (χ3n) is 2.95. The standard InChI is InChI=1S/C16H14S/c1-12-9-15-11-14(7-8-16(15)17-12)10-13-5-3-2-4-6-13/h2-9,11H,10H2,1H3. The van der Waals surface area contributed by atoms with Crippen molar-refractivity contribution in [2.24, 2.45) is 0 Å². The summed E-state index contributed by atoms with van der Waals surface area (Å²) in [5.41, 5.74) is 2.76. The molecule has 0 bridgehead atoms. The van der Waals surface area contributed by atoms with Crippen LogP contribution < -0.4 is 0 Å². The lowest BCUT2D eigenvalue weighted by Crippen LogP contribution is -1.86. The second-order valence-corrected chi connectivity index (χ2v) is 5.68.